The van der Waals surface area contributed by atoms with Gasteiger partial charge in [0.2, 0.25) is 5.13 Å². The molecule has 2 aromatic heterocycles. The first-order valence-corrected chi connectivity index (χ1v) is 5.33. The van der Waals surface area contributed by atoms with Gasteiger partial charge < -0.3 is 0 Å². The average molecular weight is 235 g/mol. The number of rotatable bonds is 2. The summed E-state index contributed by atoms with van der Waals surface area (Å²) in [6, 6.07) is 0. The van der Waals surface area contributed by atoms with E-state index < -0.39 is 0 Å². The molecule has 2 heterocycles. The molecular formula is C9H9N5OS. The third-order valence-electron chi connectivity index (χ3n) is 1.76. The summed E-state index contributed by atoms with van der Waals surface area (Å²) in [4.78, 5) is 23.6. The molecule has 0 aromatic carbocycles. The van der Waals surface area contributed by atoms with Crippen LogP contribution >= 0.6 is 11.5 Å². The maximum Gasteiger partial charge on any atom is 0.277 e. The summed E-state index contributed by atoms with van der Waals surface area (Å²) in [5.41, 5.74) is 1.03. The summed E-state index contributed by atoms with van der Waals surface area (Å²) >= 11 is 1.13. The maximum atomic E-state index is 11.7. The summed E-state index contributed by atoms with van der Waals surface area (Å²) in [5.74, 6) is 0.305. The van der Waals surface area contributed by atoms with E-state index in [4.69, 9.17) is 0 Å². The van der Waals surface area contributed by atoms with Gasteiger partial charge in [-0.1, -0.05) is 0 Å². The number of aromatic nitrogens is 4. The van der Waals surface area contributed by atoms with Gasteiger partial charge in [0.1, 0.15) is 11.5 Å². The molecule has 16 heavy (non-hydrogen) atoms. The minimum absolute atomic E-state index is 0.262. The first kappa shape index (κ1) is 10.6. The Morgan fingerprint density at radius 1 is 1.31 bits per heavy atom. The Kier molecular flexibility index (Phi) is 2.86. The number of amides is 1. The van der Waals surface area contributed by atoms with Gasteiger partial charge in [-0.25, -0.2) is 9.97 Å². The van der Waals surface area contributed by atoms with Gasteiger partial charge in [0.15, 0.2) is 0 Å². The molecule has 0 spiro atoms. The SMILES string of the molecule is Cc1cnc(C(=O)Nc2nc(C)ns2)cn1. The molecule has 0 unspecified atom stereocenters. The van der Waals surface area contributed by atoms with Crippen LogP contribution in [0.15, 0.2) is 12.4 Å². The molecule has 0 saturated carbocycles. The molecular weight excluding hydrogens is 226 g/mol. The fourth-order valence-corrected chi connectivity index (χ4v) is 1.59. The van der Waals surface area contributed by atoms with Crippen molar-refractivity contribution in [2.45, 2.75) is 13.8 Å². The number of nitrogens with one attached hydrogen (secondary N) is 1. The summed E-state index contributed by atoms with van der Waals surface area (Å²) < 4.78 is 3.96. The Balaban J connectivity index is 2.11. The molecule has 0 atom stereocenters. The predicted molar refractivity (Wildman–Crippen MR) is 59.4 cm³/mol. The minimum Gasteiger partial charge on any atom is -0.295 e. The van der Waals surface area contributed by atoms with Crippen LogP contribution in [0.3, 0.4) is 0 Å². The van der Waals surface area contributed by atoms with Crippen molar-refractivity contribution in [1.82, 2.24) is 19.3 Å². The highest BCUT2D eigenvalue weighted by molar-refractivity contribution is 7.09. The Morgan fingerprint density at radius 3 is 2.69 bits per heavy atom. The summed E-state index contributed by atoms with van der Waals surface area (Å²) in [6.07, 6.45) is 2.97. The van der Waals surface area contributed by atoms with Crippen LogP contribution in [0.25, 0.3) is 0 Å². The molecule has 1 amide bonds. The molecule has 7 heteroatoms. The Morgan fingerprint density at radius 2 is 2.12 bits per heavy atom. The number of hydrogen-bond donors (Lipinski definition) is 1. The van der Waals surface area contributed by atoms with E-state index in [9.17, 15) is 4.79 Å². The van der Waals surface area contributed by atoms with E-state index >= 15 is 0 Å². The fourth-order valence-electron chi connectivity index (χ4n) is 1.02. The second kappa shape index (κ2) is 4.31. The van der Waals surface area contributed by atoms with Gasteiger partial charge in [0, 0.05) is 17.7 Å². The quantitative estimate of drug-likeness (QED) is 0.845. The number of aryl methyl sites for hydroxylation is 2. The highest BCUT2D eigenvalue weighted by Gasteiger charge is 2.10. The van der Waals surface area contributed by atoms with Crippen LogP contribution in [0, 0.1) is 13.8 Å². The lowest BCUT2D eigenvalue weighted by Crippen LogP contribution is -2.13. The van der Waals surface area contributed by atoms with Crippen LogP contribution in [0.1, 0.15) is 22.0 Å². The van der Waals surface area contributed by atoms with Crippen molar-refractivity contribution in [3.8, 4) is 0 Å². The highest BCUT2D eigenvalue weighted by atomic mass is 32.1. The van der Waals surface area contributed by atoms with Crippen molar-refractivity contribution < 1.29 is 4.79 Å². The Bertz CT molecular complexity index is 507. The summed E-state index contributed by atoms with van der Waals surface area (Å²) in [7, 11) is 0. The van der Waals surface area contributed by atoms with E-state index in [1.807, 2.05) is 6.92 Å². The van der Waals surface area contributed by atoms with Gasteiger partial charge in [-0.05, 0) is 13.8 Å². The smallest absolute Gasteiger partial charge is 0.277 e. The molecule has 0 fully saturated rings. The van der Waals surface area contributed by atoms with E-state index in [1.54, 1.807) is 13.1 Å². The lowest BCUT2D eigenvalue weighted by atomic mass is 10.4. The molecule has 0 radical (unpaired) electrons. The van der Waals surface area contributed by atoms with E-state index in [1.165, 1.54) is 6.20 Å². The van der Waals surface area contributed by atoms with E-state index in [-0.39, 0.29) is 11.6 Å². The van der Waals surface area contributed by atoms with Crippen LogP contribution in [-0.4, -0.2) is 25.2 Å². The van der Waals surface area contributed by atoms with Crippen molar-refractivity contribution in [1.29, 1.82) is 0 Å². The second-order valence-electron chi connectivity index (χ2n) is 3.14. The predicted octanol–water partition coefficient (Wildman–Crippen LogP) is 1.20. The van der Waals surface area contributed by atoms with Crippen molar-refractivity contribution in [3.63, 3.8) is 0 Å². The van der Waals surface area contributed by atoms with E-state index in [0.717, 1.165) is 17.2 Å². The van der Waals surface area contributed by atoms with Crippen molar-refractivity contribution in [2.24, 2.45) is 0 Å². The van der Waals surface area contributed by atoms with Gasteiger partial charge in [-0.2, -0.15) is 4.37 Å². The van der Waals surface area contributed by atoms with Gasteiger partial charge in [0.05, 0.1) is 11.9 Å². The minimum atomic E-state index is -0.330. The van der Waals surface area contributed by atoms with Gasteiger partial charge in [-0.15, -0.1) is 0 Å². The first-order valence-electron chi connectivity index (χ1n) is 4.55. The average Bonchev–Trinajstić information content (AvgIpc) is 2.65. The van der Waals surface area contributed by atoms with Crippen molar-refractivity contribution in [3.05, 3.63) is 29.6 Å². The van der Waals surface area contributed by atoms with Crippen molar-refractivity contribution in [2.75, 3.05) is 5.32 Å². The summed E-state index contributed by atoms with van der Waals surface area (Å²) in [5, 5.41) is 3.06. The first-order chi connectivity index (χ1) is 7.65. The van der Waals surface area contributed by atoms with E-state index in [0.29, 0.717) is 11.0 Å². The molecule has 0 bridgehead atoms. The normalized spacial score (nSPS) is 10.1. The second-order valence-corrected chi connectivity index (χ2v) is 3.90. The van der Waals surface area contributed by atoms with Crippen LogP contribution in [-0.2, 0) is 0 Å². The zero-order chi connectivity index (χ0) is 11.5. The standard InChI is InChI=1S/C9H9N5OS/c1-5-3-11-7(4-10-5)8(15)13-9-12-6(2)14-16-9/h3-4H,1-2H3,(H,12,13,14,15). The number of carbonyl (C=O) groups is 1. The largest absolute Gasteiger partial charge is 0.295 e. The van der Waals surface area contributed by atoms with Crippen LogP contribution in [0.2, 0.25) is 0 Å². The number of anilines is 1. The van der Waals surface area contributed by atoms with Crippen LogP contribution in [0.5, 0.6) is 0 Å². The van der Waals surface area contributed by atoms with Gasteiger partial charge in [-0.3, -0.25) is 15.1 Å². The monoisotopic (exact) mass is 235 g/mol. The number of nitrogens with zero attached hydrogens (tertiary/aromatic N) is 4. The van der Waals surface area contributed by atoms with Gasteiger partial charge in [0.25, 0.3) is 5.91 Å². The lowest BCUT2D eigenvalue weighted by molar-refractivity contribution is 0.102. The Labute approximate surface area is 96.0 Å². The molecule has 0 aliphatic heterocycles. The number of carbonyl (C=O) groups excluding carboxylic acids is 1. The molecule has 2 aromatic rings. The maximum absolute atomic E-state index is 11.7. The van der Waals surface area contributed by atoms with Gasteiger partial charge >= 0.3 is 0 Å². The lowest BCUT2D eigenvalue weighted by Gasteiger charge is -1.99. The molecule has 6 nitrogen and oxygen atoms in total. The zero-order valence-electron chi connectivity index (χ0n) is 8.76. The molecule has 0 aliphatic rings. The van der Waals surface area contributed by atoms with Crippen LogP contribution in [0.4, 0.5) is 5.13 Å². The highest BCUT2D eigenvalue weighted by Crippen LogP contribution is 2.10. The fraction of sp³-hybridized carbons (Fsp3) is 0.222. The third-order valence-corrected chi connectivity index (χ3v) is 2.48. The molecule has 0 aliphatic carbocycles. The van der Waals surface area contributed by atoms with Crippen LogP contribution < -0.4 is 5.32 Å². The van der Waals surface area contributed by atoms with Crippen molar-refractivity contribution >= 4 is 22.6 Å². The number of hydrogen-bond acceptors (Lipinski definition) is 6. The molecule has 2 rings (SSSR count). The molecule has 82 valence electrons. The zero-order valence-corrected chi connectivity index (χ0v) is 9.58. The topological polar surface area (TPSA) is 80.7 Å². The van der Waals surface area contributed by atoms with E-state index in [2.05, 4.69) is 24.6 Å². The Hall–Kier alpha value is -1.89. The molecule has 1 N–H and O–H groups in total. The third kappa shape index (κ3) is 2.37. The molecule has 0 saturated heterocycles. The summed E-state index contributed by atoms with van der Waals surface area (Å²) in [6.45, 7) is 3.57.